The van der Waals surface area contributed by atoms with Crippen LogP contribution >= 0.6 is 45.2 Å². The van der Waals surface area contributed by atoms with Crippen molar-refractivity contribution in [1.82, 2.24) is 0 Å². The van der Waals surface area contributed by atoms with Crippen LogP contribution in [0.5, 0.6) is 0 Å². The van der Waals surface area contributed by atoms with Crippen molar-refractivity contribution in [3.8, 4) is 0 Å². The molecular weight excluding hydrogens is 402 g/mol. The Hall–Kier alpha value is 0.400. The third-order valence-electron chi connectivity index (χ3n) is 0.969. The van der Waals surface area contributed by atoms with Gasteiger partial charge in [0.2, 0.25) is 0 Å². The second kappa shape index (κ2) is 8.97. The van der Waals surface area contributed by atoms with Crippen LogP contribution in [0.25, 0.3) is 0 Å². The van der Waals surface area contributed by atoms with E-state index in [2.05, 4.69) is 45.2 Å². The molecule has 0 heterocycles. The highest BCUT2D eigenvalue weighted by atomic mass is 127. The predicted molar refractivity (Wildman–Crippen MR) is 64.3 cm³/mol. The molecule has 0 aliphatic carbocycles. The number of halogens is 2. The minimum atomic E-state index is -0.518. The maximum Gasteiger partial charge on any atom is 0.317 e. The molecule has 0 aromatic heterocycles. The number of hydrogen-bond acceptors (Lipinski definition) is 4. The molecule has 0 amide bonds. The van der Waals surface area contributed by atoms with Crippen molar-refractivity contribution in [2.24, 2.45) is 0 Å². The Morgan fingerprint density at radius 3 is 1.62 bits per heavy atom. The Kier molecular flexibility index (Phi) is 9.25. The predicted octanol–water partition coefficient (Wildman–Crippen LogP) is 1.33. The van der Waals surface area contributed by atoms with Crippen molar-refractivity contribution in [3.63, 3.8) is 0 Å². The molecule has 0 aromatic carbocycles. The molecule has 0 bridgehead atoms. The first-order valence-corrected chi connectivity index (χ1v) is 6.69. The first kappa shape index (κ1) is 13.4. The molecule has 13 heavy (non-hydrogen) atoms. The van der Waals surface area contributed by atoms with Crippen molar-refractivity contribution >= 4 is 57.1 Å². The van der Waals surface area contributed by atoms with Gasteiger partial charge in [-0.05, 0) is 0 Å². The summed E-state index contributed by atoms with van der Waals surface area (Å²) < 4.78 is 10.8. The van der Waals surface area contributed by atoms with Crippen LogP contribution in [0.2, 0.25) is 0 Å². The van der Waals surface area contributed by atoms with Crippen LogP contribution in [-0.2, 0) is 19.1 Å². The monoisotopic (exact) mass is 412 g/mol. The fourth-order valence-electron chi connectivity index (χ4n) is 0.525. The average molecular weight is 412 g/mol. The highest BCUT2D eigenvalue weighted by Crippen LogP contribution is 1.93. The molecule has 0 radical (unpaired) electrons. The van der Waals surface area contributed by atoms with Gasteiger partial charge in [-0.2, -0.15) is 0 Å². The number of esters is 2. The van der Waals surface area contributed by atoms with Gasteiger partial charge in [-0.15, -0.1) is 0 Å². The minimum absolute atomic E-state index is 0.284. The van der Waals surface area contributed by atoms with Crippen LogP contribution in [0.4, 0.5) is 0 Å². The molecule has 0 atom stereocenters. The van der Waals surface area contributed by atoms with Gasteiger partial charge < -0.3 is 9.47 Å². The second-order valence-corrected chi connectivity index (χ2v) is 4.15. The molecule has 0 aromatic rings. The van der Waals surface area contributed by atoms with Crippen molar-refractivity contribution < 1.29 is 19.1 Å². The van der Waals surface area contributed by atoms with Crippen molar-refractivity contribution in [2.45, 2.75) is 6.42 Å². The summed E-state index contributed by atoms with van der Waals surface area (Å²) in [5, 5.41) is 0. The Balaban J connectivity index is 3.47. The van der Waals surface area contributed by atoms with Gasteiger partial charge >= 0.3 is 11.9 Å². The summed E-state index contributed by atoms with van der Waals surface area (Å²) in [6.07, 6.45) is -0.284. The van der Waals surface area contributed by atoms with Gasteiger partial charge in [0.1, 0.15) is 19.6 Å². The van der Waals surface area contributed by atoms with E-state index in [9.17, 15) is 9.59 Å². The van der Waals surface area contributed by atoms with E-state index in [1.54, 1.807) is 0 Å². The molecule has 0 aliphatic heterocycles. The highest BCUT2D eigenvalue weighted by Gasteiger charge is 2.10. The van der Waals surface area contributed by atoms with E-state index >= 15 is 0 Å². The molecule has 0 spiro atoms. The quantitative estimate of drug-likeness (QED) is 0.286. The van der Waals surface area contributed by atoms with Crippen LogP contribution in [-0.4, -0.2) is 34.0 Å². The van der Waals surface area contributed by atoms with E-state index in [0.29, 0.717) is 13.2 Å². The summed E-state index contributed by atoms with van der Waals surface area (Å²) in [5.74, 6) is -1.04. The molecule has 76 valence electrons. The topological polar surface area (TPSA) is 52.6 Å². The SMILES string of the molecule is O=C(CC(=O)OCCI)OCCI. The Morgan fingerprint density at radius 1 is 0.923 bits per heavy atom. The zero-order valence-electron chi connectivity index (χ0n) is 6.92. The largest absolute Gasteiger partial charge is 0.464 e. The number of hydrogen-bond donors (Lipinski definition) is 0. The smallest absolute Gasteiger partial charge is 0.317 e. The first-order valence-electron chi connectivity index (χ1n) is 3.64. The van der Waals surface area contributed by atoms with E-state index in [1.165, 1.54) is 0 Å². The van der Waals surface area contributed by atoms with Gasteiger partial charge in [0.05, 0.1) is 0 Å². The summed E-state index contributed by atoms with van der Waals surface area (Å²) in [6.45, 7) is 0.692. The standard InChI is InChI=1S/C7H10I2O4/c8-1-3-12-6(10)5-7(11)13-4-2-9/h1-5H2. The van der Waals surface area contributed by atoms with Crippen molar-refractivity contribution in [1.29, 1.82) is 0 Å². The number of carbonyl (C=O) groups excluding carboxylic acids is 2. The third kappa shape index (κ3) is 8.72. The lowest BCUT2D eigenvalue weighted by atomic mass is 10.4. The van der Waals surface area contributed by atoms with Gasteiger partial charge in [-0.25, -0.2) is 0 Å². The molecule has 0 unspecified atom stereocenters. The van der Waals surface area contributed by atoms with Gasteiger partial charge in [0.25, 0.3) is 0 Å². The maximum atomic E-state index is 10.8. The second-order valence-electron chi connectivity index (χ2n) is 2.00. The number of carbonyl (C=O) groups is 2. The van der Waals surface area contributed by atoms with Crippen LogP contribution in [0.1, 0.15) is 6.42 Å². The van der Waals surface area contributed by atoms with Crippen LogP contribution < -0.4 is 0 Å². The number of alkyl halides is 2. The molecule has 4 nitrogen and oxygen atoms in total. The van der Waals surface area contributed by atoms with Crippen molar-refractivity contribution in [2.75, 3.05) is 22.1 Å². The summed E-state index contributed by atoms with van der Waals surface area (Å²) >= 11 is 4.17. The third-order valence-corrected chi connectivity index (χ3v) is 1.85. The van der Waals surface area contributed by atoms with Gasteiger partial charge in [-0.1, -0.05) is 45.2 Å². The van der Waals surface area contributed by atoms with E-state index in [1.807, 2.05) is 0 Å². The van der Waals surface area contributed by atoms with Gasteiger partial charge in [0, 0.05) is 8.86 Å². The summed E-state index contributed by atoms with van der Waals surface area (Å²) in [4.78, 5) is 21.7. The van der Waals surface area contributed by atoms with Crippen LogP contribution in [0.3, 0.4) is 0 Å². The van der Waals surface area contributed by atoms with Crippen LogP contribution in [0, 0.1) is 0 Å². The van der Waals surface area contributed by atoms with E-state index in [4.69, 9.17) is 9.47 Å². The molecule has 0 saturated carbocycles. The fraction of sp³-hybridized carbons (Fsp3) is 0.714. The highest BCUT2D eigenvalue weighted by molar-refractivity contribution is 14.1. The number of rotatable bonds is 6. The summed E-state index contributed by atoms with van der Waals surface area (Å²) in [7, 11) is 0. The van der Waals surface area contributed by atoms with E-state index < -0.39 is 11.9 Å². The molecule has 0 fully saturated rings. The minimum Gasteiger partial charge on any atom is -0.464 e. The zero-order valence-corrected chi connectivity index (χ0v) is 11.2. The van der Waals surface area contributed by atoms with Gasteiger partial charge in [0.15, 0.2) is 0 Å². The summed E-state index contributed by atoms with van der Waals surface area (Å²) in [6, 6.07) is 0. The number of ether oxygens (including phenoxy) is 2. The Labute approximate surface area is 104 Å². The maximum absolute atomic E-state index is 10.8. The molecule has 0 aliphatic rings. The fourth-order valence-corrected chi connectivity index (χ4v) is 0.965. The van der Waals surface area contributed by atoms with E-state index in [0.717, 1.165) is 8.86 Å². The molecule has 0 saturated heterocycles. The molecule has 0 N–H and O–H groups in total. The Morgan fingerprint density at radius 2 is 1.31 bits per heavy atom. The average Bonchev–Trinajstić information content (AvgIpc) is 2.11. The Bertz CT molecular complexity index is 154. The van der Waals surface area contributed by atoms with Gasteiger partial charge in [-0.3, -0.25) is 9.59 Å². The lowest BCUT2D eigenvalue weighted by molar-refractivity contribution is -0.153. The molecule has 6 heteroatoms. The zero-order chi connectivity index (χ0) is 10.1. The lowest BCUT2D eigenvalue weighted by Crippen LogP contribution is -2.15. The van der Waals surface area contributed by atoms with E-state index in [-0.39, 0.29) is 6.42 Å². The molecular formula is C7H10I2O4. The molecule has 0 rings (SSSR count). The summed E-state index contributed by atoms with van der Waals surface area (Å²) in [5.41, 5.74) is 0. The van der Waals surface area contributed by atoms with Crippen LogP contribution in [0.15, 0.2) is 0 Å². The first-order chi connectivity index (χ1) is 6.20. The lowest BCUT2D eigenvalue weighted by Gasteiger charge is -2.02. The normalized spacial score (nSPS) is 9.38. The van der Waals surface area contributed by atoms with Crippen molar-refractivity contribution in [3.05, 3.63) is 0 Å².